The normalized spacial score (nSPS) is 22.4. The summed E-state index contributed by atoms with van der Waals surface area (Å²) in [5, 5.41) is 0. The zero-order valence-corrected chi connectivity index (χ0v) is 17.4. The molecule has 0 N–H and O–H groups in total. The van der Waals surface area contributed by atoms with Crippen molar-refractivity contribution in [3.8, 4) is 0 Å². The second kappa shape index (κ2) is 11.3. The van der Waals surface area contributed by atoms with Gasteiger partial charge in [-0.25, -0.2) is 4.79 Å². The Labute approximate surface area is 154 Å². The molecule has 25 heavy (non-hydrogen) atoms. The van der Waals surface area contributed by atoms with E-state index in [9.17, 15) is 4.79 Å². The number of epoxide rings is 1. The maximum atomic E-state index is 11.0. The minimum absolute atomic E-state index is 0.0905. The van der Waals surface area contributed by atoms with Crippen LogP contribution in [0.3, 0.4) is 0 Å². The molecule has 0 saturated carbocycles. The monoisotopic (exact) mass is 362 g/mol. The van der Waals surface area contributed by atoms with Crippen molar-refractivity contribution in [1.82, 2.24) is 0 Å². The molecule has 0 spiro atoms. The van der Waals surface area contributed by atoms with Crippen LogP contribution < -0.4 is 0 Å². The molecule has 1 aliphatic rings. The molecule has 1 saturated heterocycles. The van der Waals surface area contributed by atoms with Crippen LogP contribution >= 0.6 is 0 Å². The first-order chi connectivity index (χ1) is 11.8. The van der Waals surface area contributed by atoms with Crippen molar-refractivity contribution in [2.24, 2.45) is 5.92 Å². The van der Waals surface area contributed by atoms with Crippen molar-refractivity contribution in [2.75, 3.05) is 7.11 Å². The van der Waals surface area contributed by atoms with Gasteiger partial charge in [0.25, 0.3) is 0 Å². The van der Waals surface area contributed by atoms with Crippen molar-refractivity contribution in [1.29, 1.82) is 0 Å². The third-order valence-corrected chi connectivity index (χ3v) is 5.52. The van der Waals surface area contributed by atoms with E-state index in [1.54, 1.807) is 6.08 Å². The quantitative estimate of drug-likeness (QED) is 0.165. The van der Waals surface area contributed by atoms with Crippen molar-refractivity contribution in [3.05, 3.63) is 48.6 Å². The van der Waals surface area contributed by atoms with E-state index in [4.69, 9.17) is 4.74 Å². The van der Waals surface area contributed by atoms with Crippen LogP contribution in [0, 0.1) is 5.92 Å². The Morgan fingerprint density at radius 2 is 1.84 bits per heavy atom. The number of carbonyl (C=O) groups is 1. The molecular formula is C21H34O3Si. The zero-order valence-electron chi connectivity index (χ0n) is 16.4. The van der Waals surface area contributed by atoms with Crippen LogP contribution in [0.5, 0.6) is 0 Å². The number of ether oxygens (including phenoxy) is 2. The lowest BCUT2D eigenvalue weighted by Crippen LogP contribution is -2.17. The van der Waals surface area contributed by atoms with Crippen LogP contribution in [-0.4, -0.2) is 33.4 Å². The maximum absolute atomic E-state index is 11.0. The van der Waals surface area contributed by atoms with E-state index in [0.29, 0.717) is 5.92 Å². The minimum Gasteiger partial charge on any atom is -0.466 e. The molecule has 0 radical (unpaired) electrons. The van der Waals surface area contributed by atoms with Gasteiger partial charge in [0, 0.05) is 14.1 Å². The van der Waals surface area contributed by atoms with Crippen molar-refractivity contribution < 1.29 is 14.3 Å². The fourth-order valence-corrected chi connectivity index (χ4v) is 3.23. The molecular weight excluding hydrogens is 328 g/mol. The Morgan fingerprint density at radius 1 is 1.16 bits per heavy atom. The molecule has 3 atom stereocenters. The number of allylic oxidation sites excluding steroid dienone is 6. The summed E-state index contributed by atoms with van der Waals surface area (Å²) in [6.07, 6.45) is 19.9. The summed E-state index contributed by atoms with van der Waals surface area (Å²) in [6, 6.07) is 1.23. The Bertz CT molecular complexity index is 512. The largest absolute Gasteiger partial charge is 0.466 e. The number of methoxy groups -OCH3 is 1. The molecule has 0 aromatic rings. The van der Waals surface area contributed by atoms with Gasteiger partial charge >= 0.3 is 5.97 Å². The molecule has 0 aromatic heterocycles. The lowest BCUT2D eigenvalue weighted by Gasteiger charge is -2.10. The zero-order chi connectivity index (χ0) is 18.7. The number of rotatable bonds is 11. The molecule has 1 heterocycles. The van der Waals surface area contributed by atoms with Crippen LogP contribution in [0.25, 0.3) is 0 Å². The highest BCUT2D eigenvalue weighted by molar-refractivity contribution is 6.76. The van der Waals surface area contributed by atoms with Gasteiger partial charge in [-0.3, -0.25) is 0 Å². The van der Waals surface area contributed by atoms with E-state index < -0.39 is 8.07 Å². The first-order valence-corrected chi connectivity index (χ1v) is 12.9. The third-order valence-electron chi connectivity index (χ3n) is 4.06. The summed E-state index contributed by atoms with van der Waals surface area (Å²) in [6.45, 7) is 9.41. The molecule has 1 aliphatic heterocycles. The summed E-state index contributed by atoms with van der Waals surface area (Å²) in [5.74, 6) is 0.317. The summed E-state index contributed by atoms with van der Waals surface area (Å²) in [4.78, 5) is 11.0. The second-order valence-corrected chi connectivity index (χ2v) is 13.5. The molecule has 4 heteroatoms. The third kappa shape index (κ3) is 11.7. The van der Waals surface area contributed by atoms with Crippen LogP contribution in [0.1, 0.15) is 26.2 Å². The van der Waals surface area contributed by atoms with Crippen molar-refractivity contribution in [2.45, 2.75) is 64.1 Å². The Balaban J connectivity index is 2.10. The lowest BCUT2D eigenvalue weighted by molar-refractivity contribution is -0.134. The van der Waals surface area contributed by atoms with Gasteiger partial charge in [0.2, 0.25) is 0 Å². The highest BCUT2D eigenvalue weighted by atomic mass is 28.3. The van der Waals surface area contributed by atoms with Crippen LogP contribution in [0.4, 0.5) is 0 Å². The van der Waals surface area contributed by atoms with Gasteiger partial charge in [-0.15, -0.1) is 0 Å². The van der Waals surface area contributed by atoms with E-state index in [1.807, 2.05) is 0 Å². The van der Waals surface area contributed by atoms with Crippen molar-refractivity contribution >= 4 is 14.0 Å². The van der Waals surface area contributed by atoms with Gasteiger partial charge in [0.05, 0.1) is 13.2 Å². The number of hydrogen-bond donors (Lipinski definition) is 0. The summed E-state index contributed by atoms with van der Waals surface area (Å²) in [7, 11) is 0.426. The smallest absolute Gasteiger partial charge is 0.330 e. The second-order valence-electron chi connectivity index (χ2n) is 7.95. The lowest BCUT2D eigenvalue weighted by atomic mass is 9.99. The van der Waals surface area contributed by atoms with Crippen LogP contribution in [0.2, 0.25) is 25.7 Å². The summed E-state index contributed by atoms with van der Waals surface area (Å²) in [5.41, 5.74) is 0. The Kier molecular flexibility index (Phi) is 9.76. The van der Waals surface area contributed by atoms with E-state index >= 15 is 0 Å². The first kappa shape index (κ1) is 21.6. The molecule has 140 valence electrons. The molecule has 0 aromatic carbocycles. The highest BCUT2D eigenvalue weighted by Crippen LogP contribution is 2.29. The van der Waals surface area contributed by atoms with E-state index in [0.717, 1.165) is 19.3 Å². The Morgan fingerprint density at radius 3 is 2.48 bits per heavy atom. The number of carbonyl (C=O) groups excluding carboxylic acids is 1. The van der Waals surface area contributed by atoms with Gasteiger partial charge in [-0.2, -0.15) is 0 Å². The Hall–Kier alpha value is -1.39. The fraction of sp³-hybridized carbons (Fsp3) is 0.571. The summed E-state index contributed by atoms with van der Waals surface area (Å²) >= 11 is 0. The standard InChI is InChI=1S/C21H34O3Si/c1-18(12-10-8-6-7-9-11-17-25(3,4)5)13-14-19-20(24-19)15-16-21(22)23-2/h6-11,15-16,18-20H,12-14,17H2,1-5H3/b7-6+,10-8-,11-9+,16-15+/t18-,19+,20+/m0/s1. The van der Waals surface area contributed by atoms with Gasteiger partial charge < -0.3 is 9.47 Å². The molecule has 1 fully saturated rings. The van der Waals surface area contributed by atoms with Crippen LogP contribution in [-0.2, 0) is 14.3 Å². The van der Waals surface area contributed by atoms with E-state index in [2.05, 4.69) is 67.8 Å². The van der Waals surface area contributed by atoms with Gasteiger partial charge in [-0.1, -0.05) is 63.0 Å². The van der Waals surface area contributed by atoms with Crippen LogP contribution in [0.15, 0.2) is 48.6 Å². The number of esters is 1. The number of hydrogen-bond acceptors (Lipinski definition) is 3. The molecule has 0 bridgehead atoms. The highest BCUT2D eigenvalue weighted by Gasteiger charge is 2.36. The average molecular weight is 363 g/mol. The predicted octanol–water partition coefficient (Wildman–Crippen LogP) is 5.30. The maximum Gasteiger partial charge on any atom is 0.330 e. The van der Waals surface area contributed by atoms with Gasteiger partial charge in [0.1, 0.15) is 6.10 Å². The SMILES string of the molecule is COC(=O)/C=C/[C@H]1O[C@@H]1CC[C@@H](C)C\C=C/C=C/C=C/C[Si](C)(C)C. The minimum atomic E-state index is -0.955. The van der Waals surface area contributed by atoms with E-state index in [1.165, 1.54) is 19.2 Å². The molecule has 0 amide bonds. The first-order valence-electron chi connectivity index (χ1n) is 9.22. The molecule has 3 nitrogen and oxygen atoms in total. The average Bonchev–Trinajstić information content (AvgIpc) is 3.30. The fourth-order valence-electron chi connectivity index (χ4n) is 2.38. The van der Waals surface area contributed by atoms with Gasteiger partial charge in [0.15, 0.2) is 0 Å². The predicted molar refractivity (Wildman–Crippen MR) is 108 cm³/mol. The van der Waals surface area contributed by atoms with Gasteiger partial charge in [-0.05, 0) is 37.3 Å². The molecule has 0 unspecified atom stereocenters. The summed E-state index contributed by atoms with van der Waals surface area (Å²) < 4.78 is 10.1. The van der Waals surface area contributed by atoms with E-state index in [-0.39, 0.29) is 18.2 Å². The van der Waals surface area contributed by atoms with Crippen molar-refractivity contribution in [3.63, 3.8) is 0 Å². The molecule has 1 rings (SSSR count). The topological polar surface area (TPSA) is 38.8 Å². The molecule has 0 aliphatic carbocycles.